The zero-order chi connectivity index (χ0) is 22.2. The van der Waals surface area contributed by atoms with Crippen LogP contribution >= 0.6 is 0 Å². The maximum absolute atomic E-state index is 12.8. The van der Waals surface area contributed by atoms with Crippen LogP contribution in [0.5, 0.6) is 0 Å². The van der Waals surface area contributed by atoms with Gasteiger partial charge in [-0.25, -0.2) is 8.42 Å². The predicted molar refractivity (Wildman–Crippen MR) is 119 cm³/mol. The SMILES string of the molecule is Cc1ccc(C)c(N2CC(C(=O)Nc3ccc(S(=O)(=O)N4CCCC4)cc3)CC2=O)c1. The van der Waals surface area contributed by atoms with Crippen LogP contribution in [-0.4, -0.2) is 44.2 Å². The van der Waals surface area contributed by atoms with Gasteiger partial charge in [0.05, 0.1) is 10.8 Å². The van der Waals surface area contributed by atoms with E-state index in [4.69, 9.17) is 0 Å². The third kappa shape index (κ3) is 4.36. The fraction of sp³-hybridized carbons (Fsp3) is 0.391. The van der Waals surface area contributed by atoms with E-state index in [1.165, 1.54) is 16.4 Å². The number of carbonyl (C=O) groups is 2. The van der Waals surface area contributed by atoms with Crippen molar-refractivity contribution < 1.29 is 18.0 Å². The number of carbonyl (C=O) groups excluding carboxylic acids is 2. The molecule has 2 aromatic carbocycles. The molecule has 0 aromatic heterocycles. The Morgan fingerprint density at radius 3 is 2.39 bits per heavy atom. The summed E-state index contributed by atoms with van der Waals surface area (Å²) in [6, 6.07) is 12.2. The zero-order valence-electron chi connectivity index (χ0n) is 17.8. The number of anilines is 2. The van der Waals surface area contributed by atoms with Gasteiger partial charge in [-0.1, -0.05) is 12.1 Å². The van der Waals surface area contributed by atoms with Crippen molar-refractivity contribution in [3.63, 3.8) is 0 Å². The largest absolute Gasteiger partial charge is 0.326 e. The summed E-state index contributed by atoms with van der Waals surface area (Å²) in [5, 5.41) is 2.82. The summed E-state index contributed by atoms with van der Waals surface area (Å²) < 4.78 is 26.8. The summed E-state index contributed by atoms with van der Waals surface area (Å²) in [5.74, 6) is -0.766. The summed E-state index contributed by atoms with van der Waals surface area (Å²) in [6.07, 6.45) is 1.92. The molecule has 1 N–H and O–H groups in total. The fourth-order valence-corrected chi connectivity index (χ4v) is 5.68. The van der Waals surface area contributed by atoms with E-state index in [0.29, 0.717) is 25.3 Å². The van der Waals surface area contributed by atoms with Gasteiger partial charge in [-0.2, -0.15) is 4.31 Å². The van der Waals surface area contributed by atoms with E-state index in [9.17, 15) is 18.0 Å². The molecule has 1 atom stereocenters. The Balaban J connectivity index is 1.43. The average molecular weight is 442 g/mol. The van der Waals surface area contributed by atoms with Crippen LogP contribution in [0.2, 0.25) is 0 Å². The summed E-state index contributed by atoms with van der Waals surface area (Å²) in [5.41, 5.74) is 3.42. The van der Waals surface area contributed by atoms with Gasteiger partial charge in [0.25, 0.3) is 0 Å². The molecule has 2 saturated heterocycles. The van der Waals surface area contributed by atoms with Gasteiger partial charge in [-0.05, 0) is 68.1 Å². The Hall–Kier alpha value is -2.71. The lowest BCUT2D eigenvalue weighted by Gasteiger charge is -2.20. The third-order valence-corrected chi connectivity index (χ3v) is 7.89. The maximum atomic E-state index is 12.8. The van der Waals surface area contributed by atoms with Crippen molar-refractivity contribution in [1.82, 2.24) is 4.31 Å². The lowest BCUT2D eigenvalue weighted by atomic mass is 10.1. The van der Waals surface area contributed by atoms with Crippen molar-refractivity contribution >= 4 is 33.2 Å². The molecule has 7 nitrogen and oxygen atoms in total. The van der Waals surface area contributed by atoms with E-state index in [-0.39, 0.29) is 23.1 Å². The minimum Gasteiger partial charge on any atom is -0.326 e. The second-order valence-corrected chi connectivity index (χ2v) is 10.3. The second-order valence-electron chi connectivity index (χ2n) is 8.32. The number of hydrogen-bond acceptors (Lipinski definition) is 4. The Morgan fingerprint density at radius 1 is 1.03 bits per heavy atom. The Labute approximate surface area is 183 Å². The Bertz CT molecular complexity index is 1110. The smallest absolute Gasteiger partial charge is 0.243 e. The minimum absolute atomic E-state index is 0.0686. The number of benzene rings is 2. The first-order valence-electron chi connectivity index (χ1n) is 10.5. The van der Waals surface area contributed by atoms with E-state index in [1.807, 2.05) is 32.0 Å². The van der Waals surface area contributed by atoms with Gasteiger partial charge in [0.15, 0.2) is 0 Å². The first-order chi connectivity index (χ1) is 14.8. The number of rotatable bonds is 5. The van der Waals surface area contributed by atoms with Crippen molar-refractivity contribution in [1.29, 1.82) is 0 Å². The third-order valence-electron chi connectivity index (χ3n) is 5.98. The molecule has 1 unspecified atom stereocenters. The fourth-order valence-electron chi connectivity index (χ4n) is 4.16. The van der Waals surface area contributed by atoms with Crippen molar-refractivity contribution in [2.45, 2.75) is 38.0 Å². The van der Waals surface area contributed by atoms with Crippen molar-refractivity contribution in [3.8, 4) is 0 Å². The normalized spacial score (nSPS) is 19.7. The molecule has 4 rings (SSSR count). The first-order valence-corrected chi connectivity index (χ1v) is 12.0. The monoisotopic (exact) mass is 441 g/mol. The minimum atomic E-state index is -3.48. The molecule has 0 radical (unpaired) electrons. The molecule has 2 amide bonds. The molecule has 2 fully saturated rings. The molecule has 0 aliphatic carbocycles. The number of nitrogens with zero attached hydrogens (tertiary/aromatic N) is 2. The highest BCUT2D eigenvalue weighted by Crippen LogP contribution is 2.29. The zero-order valence-corrected chi connectivity index (χ0v) is 18.6. The van der Waals surface area contributed by atoms with Gasteiger partial charge >= 0.3 is 0 Å². The molecule has 2 aliphatic rings. The highest BCUT2D eigenvalue weighted by atomic mass is 32.2. The molecular formula is C23H27N3O4S. The van der Waals surface area contributed by atoms with Crippen molar-refractivity contribution in [2.75, 3.05) is 29.9 Å². The number of sulfonamides is 1. The average Bonchev–Trinajstić information content (AvgIpc) is 3.41. The Kier molecular flexibility index (Phi) is 5.85. The molecule has 8 heteroatoms. The highest BCUT2D eigenvalue weighted by Gasteiger charge is 2.36. The van der Waals surface area contributed by atoms with Gasteiger partial charge in [0.1, 0.15) is 0 Å². The number of aryl methyl sites for hydroxylation is 2. The van der Waals surface area contributed by atoms with Gasteiger partial charge in [-0.3, -0.25) is 9.59 Å². The van der Waals surface area contributed by atoms with Crippen LogP contribution in [0.15, 0.2) is 47.4 Å². The Morgan fingerprint density at radius 2 is 1.71 bits per heavy atom. The second kappa shape index (κ2) is 8.43. The molecule has 2 heterocycles. The summed E-state index contributed by atoms with van der Waals surface area (Å²) >= 11 is 0. The molecule has 2 aliphatic heterocycles. The molecule has 31 heavy (non-hydrogen) atoms. The number of nitrogens with one attached hydrogen (secondary N) is 1. The molecule has 164 valence electrons. The lowest BCUT2D eigenvalue weighted by Crippen LogP contribution is -2.29. The van der Waals surface area contributed by atoms with Gasteiger partial charge in [-0.15, -0.1) is 0 Å². The van der Waals surface area contributed by atoms with E-state index >= 15 is 0 Å². The van der Waals surface area contributed by atoms with E-state index in [1.54, 1.807) is 17.0 Å². The van der Waals surface area contributed by atoms with E-state index in [0.717, 1.165) is 29.7 Å². The maximum Gasteiger partial charge on any atom is 0.243 e. The first kappa shape index (κ1) is 21.5. The topological polar surface area (TPSA) is 86.8 Å². The molecule has 0 saturated carbocycles. The standard InChI is InChI=1S/C23H27N3O4S/c1-16-5-6-17(2)21(13-16)26-15-18(14-22(26)27)23(28)24-19-7-9-20(10-8-19)31(29,30)25-11-3-4-12-25/h5-10,13,18H,3-4,11-12,14-15H2,1-2H3,(H,24,28). The van der Waals surface area contributed by atoms with Gasteiger partial charge in [0.2, 0.25) is 21.8 Å². The van der Waals surface area contributed by atoms with Crippen LogP contribution < -0.4 is 10.2 Å². The van der Waals surface area contributed by atoms with Crippen LogP contribution in [0, 0.1) is 19.8 Å². The van der Waals surface area contributed by atoms with Crippen LogP contribution in [0.1, 0.15) is 30.4 Å². The van der Waals surface area contributed by atoms with E-state index < -0.39 is 15.9 Å². The number of hydrogen-bond donors (Lipinski definition) is 1. The van der Waals surface area contributed by atoms with E-state index in [2.05, 4.69) is 5.32 Å². The van der Waals surface area contributed by atoms with Gasteiger partial charge < -0.3 is 10.2 Å². The predicted octanol–water partition coefficient (Wildman–Crippen LogP) is 3.08. The highest BCUT2D eigenvalue weighted by molar-refractivity contribution is 7.89. The molecule has 2 aromatic rings. The molecule has 0 bridgehead atoms. The summed E-state index contributed by atoms with van der Waals surface area (Å²) in [6.45, 7) is 5.35. The molecule has 0 spiro atoms. The summed E-state index contributed by atoms with van der Waals surface area (Å²) in [4.78, 5) is 27.2. The van der Waals surface area contributed by atoms with Crippen molar-refractivity contribution in [2.24, 2.45) is 5.92 Å². The molecular weight excluding hydrogens is 414 g/mol. The van der Waals surface area contributed by atoms with Gasteiger partial charge in [0, 0.05) is 37.4 Å². The van der Waals surface area contributed by atoms with Crippen LogP contribution in [0.3, 0.4) is 0 Å². The van der Waals surface area contributed by atoms with Crippen LogP contribution in [0.4, 0.5) is 11.4 Å². The van der Waals surface area contributed by atoms with Crippen LogP contribution in [-0.2, 0) is 19.6 Å². The number of amides is 2. The van der Waals surface area contributed by atoms with Crippen molar-refractivity contribution in [3.05, 3.63) is 53.6 Å². The lowest BCUT2D eigenvalue weighted by molar-refractivity contribution is -0.122. The summed E-state index contributed by atoms with van der Waals surface area (Å²) in [7, 11) is -3.48. The van der Waals surface area contributed by atoms with Crippen LogP contribution in [0.25, 0.3) is 0 Å². The quantitative estimate of drug-likeness (QED) is 0.773.